The van der Waals surface area contributed by atoms with Crippen LogP contribution in [0.3, 0.4) is 0 Å². The summed E-state index contributed by atoms with van der Waals surface area (Å²) in [6, 6.07) is 9.23. The van der Waals surface area contributed by atoms with Crippen molar-refractivity contribution < 1.29 is 23.9 Å². The molecule has 1 atom stereocenters. The third-order valence-electron chi connectivity index (χ3n) is 4.00. The first kappa shape index (κ1) is 17.6. The van der Waals surface area contributed by atoms with E-state index in [0.29, 0.717) is 5.75 Å². The summed E-state index contributed by atoms with van der Waals surface area (Å²) in [7, 11) is 0. The second kappa shape index (κ2) is 6.96. The highest BCUT2D eigenvalue weighted by Crippen LogP contribution is 2.22. The third-order valence-corrected chi connectivity index (χ3v) is 4.00. The summed E-state index contributed by atoms with van der Waals surface area (Å²) in [5.74, 6) is -0.338. The summed E-state index contributed by atoms with van der Waals surface area (Å²) in [6.07, 6.45) is 1.06. The van der Waals surface area contributed by atoms with E-state index in [-0.39, 0.29) is 19.0 Å². The highest BCUT2D eigenvalue weighted by molar-refractivity contribution is 5.93. The van der Waals surface area contributed by atoms with Crippen LogP contribution in [0.25, 0.3) is 0 Å². The van der Waals surface area contributed by atoms with Gasteiger partial charge in [0.05, 0.1) is 12.7 Å². The number of nitrogens with zero attached hydrogens (tertiary/aromatic N) is 2. The highest BCUT2D eigenvalue weighted by atomic mass is 19.1. The molecule has 2 aromatic rings. The van der Waals surface area contributed by atoms with E-state index in [1.165, 1.54) is 24.0 Å². The number of amides is 3. The summed E-state index contributed by atoms with van der Waals surface area (Å²) < 4.78 is 18.3. The quantitative estimate of drug-likeness (QED) is 0.557. The zero-order valence-corrected chi connectivity index (χ0v) is 13.9. The molecule has 9 heteroatoms. The number of carbonyl (C=O) groups excluding carboxylic acids is 2. The first-order chi connectivity index (χ1) is 12.4. The first-order valence-electron chi connectivity index (χ1n) is 7.79. The van der Waals surface area contributed by atoms with Crippen molar-refractivity contribution in [1.29, 1.82) is 0 Å². The molecule has 3 amide bonds. The molecule has 136 valence electrons. The molecule has 0 spiro atoms. The predicted octanol–water partition coefficient (Wildman–Crippen LogP) is 1.80. The lowest BCUT2D eigenvalue weighted by atomic mass is 10.0. The number of hydrogen-bond donors (Lipinski definition) is 3. The molecule has 1 aromatic carbocycles. The van der Waals surface area contributed by atoms with Gasteiger partial charge in [-0.2, -0.15) is 0 Å². The van der Waals surface area contributed by atoms with Gasteiger partial charge in [0, 0.05) is 12.6 Å². The van der Waals surface area contributed by atoms with E-state index in [1.807, 2.05) is 0 Å². The van der Waals surface area contributed by atoms with Crippen LogP contribution < -0.4 is 15.5 Å². The van der Waals surface area contributed by atoms with E-state index in [0.717, 1.165) is 11.8 Å². The van der Waals surface area contributed by atoms with Crippen LogP contribution in [0.2, 0.25) is 0 Å². The molecule has 0 radical (unpaired) electrons. The molecular weight excluding hydrogens is 343 g/mol. The number of hydroxylamine groups is 1. The molecule has 8 nitrogen and oxygen atoms in total. The summed E-state index contributed by atoms with van der Waals surface area (Å²) >= 11 is 0. The number of carbonyl (C=O) groups is 2. The monoisotopic (exact) mass is 360 g/mol. The van der Waals surface area contributed by atoms with Crippen molar-refractivity contribution in [3.05, 3.63) is 54.0 Å². The van der Waals surface area contributed by atoms with E-state index in [9.17, 15) is 14.0 Å². The lowest BCUT2D eigenvalue weighted by molar-refractivity contribution is -0.134. The molecule has 0 saturated carbocycles. The lowest BCUT2D eigenvalue weighted by Crippen LogP contribution is -2.53. The van der Waals surface area contributed by atoms with Crippen LogP contribution >= 0.6 is 0 Å². The standard InChI is InChI=1S/C17H17FN4O4/c1-17(15(23)21-25)10-22(16(24)20-17)9-11-2-5-13(6-3-11)26-14-7-4-12(18)8-19-14/h2-8,25H,9-10H2,1H3,(H,20,24)(H,21,23)/t17-/m1/s1. The summed E-state index contributed by atoms with van der Waals surface area (Å²) in [6.45, 7) is 1.94. The average Bonchev–Trinajstić information content (AvgIpc) is 2.92. The normalized spacial score (nSPS) is 19.2. The molecule has 3 N–H and O–H groups in total. The van der Waals surface area contributed by atoms with Crippen molar-refractivity contribution in [2.24, 2.45) is 0 Å². The number of rotatable bonds is 5. The molecule has 1 aliphatic heterocycles. The number of halogens is 1. The predicted molar refractivity (Wildman–Crippen MR) is 88.0 cm³/mol. The average molecular weight is 360 g/mol. The molecule has 1 fully saturated rings. The number of pyridine rings is 1. The van der Waals surface area contributed by atoms with Gasteiger partial charge in [-0.1, -0.05) is 12.1 Å². The van der Waals surface area contributed by atoms with Crippen molar-refractivity contribution in [2.45, 2.75) is 19.0 Å². The zero-order chi connectivity index (χ0) is 18.7. The highest BCUT2D eigenvalue weighted by Gasteiger charge is 2.44. The molecule has 0 unspecified atom stereocenters. The van der Waals surface area contributed by atoms with Crippen LogP contribution in [0.15, 0.2) is 42.6 Å². The Bertz CT molecular complexity index is 813. The SMILES string of the molecule is C[C@]1(C(=O)NO)CN(Cc2ccc(Oc3ccc(F)cn3)cc2)C(=O)N1. The van der Waals surface area contributed by atoms with Crippen LogP contribution in [-0.2, 0) is 11.3 Å². The van der Waals surface area contributed by atoms with Crippen molar-refractivity contribution >= 4 is 11.9 Å². The molecular formula is C17H17FN4O4. The molecule has 2 heterocycles. The Kier molecular flexibility index (Phi) is 4.72. The van der Waals surface area contributed by atoms with Gasteiger partial charge in [0.2, 0.25) is 5.88 Å². The topological polar surface area (TPSA) is 104 Å². The van der Waals surface area contributed by atoms with Gasteiger partial charge >= 0.3 is 6.03 Å². The fourth-order valence-electron chi connectivity index (χ4n) is 2.61. The molecule has 3 rings (SSSR count). The number of ether oxygens (including phenoxy) is 1. The molecule has 1 saturated heterocycles. The fourth-order valence-corrected chi connectivity index (χ4v) is 2.61. The van der Waals surface area contributed by atoms with E-state index >= 15 is 0 Å². The number of nitrogens with one attached hydrogen (secondary N) is 2. The summed E-state index contributed by atoms with van der Waals surface area (Å²) in [5, 5.41) is 11.3. The Labute approximate surface area is 148 Å². The van der Waals surface area contributed by atoms with Crippen molar-refractivity contribution in [3.8, 4) is 11.6 Å². The Morgan fingerprint density at radius 3 is 2.73 bits per heavy atom. The molecule has 26 heavy (non-hydrogen) atoms. The molecule has 0 aliphatic carbocycles. The van der Waals surface area contributed by atoms with Crippen molar-refractivity contribution in [3.63, 3.8) is 0 Å². The maximum atomic E-state index is 12.8. The number of hydrogen-bond acceptors (Lipinski definition) is 5. The van der Waals surface area contributed by atoms with Crippen molar-refractivity contribution in [2.75, 3.05) is 6.54 Å². The minimum atomic E-state index is -1.19. The summed E-state index contributed by atoms with van der Waals surface area (Å²) in [5.41, 5.74) is 1.20. The minimum absolute atomic E-state index is 0.121. The Morgan fingerprint density at radius 1 is 1.38 bits per heavy atom. The van der Waals surface area contributed by atoms with E-state index in [2.05, 4.69) is 10.3 Å². The second-order valence-electron chi connectivity index (χ2n) is 6.12. The molecule has 1 aromatic heterocycles. The van der Waals surface area contributed by atoms with E-state index in [4.69, 9.17) is 9.94 Å². The fraction of sp³-hybridized carbons (Fsp3) is 0.235. The van der Waals surface area contributed by atoms with Crippen LogP contribution in [0.4, 0.5) is 9.18 Å². The van der Waals surface area contributed by atoms with Crippen LogP contribution in [0, 0.1) is 5.82 Å². The summed E-state index contributed by atoms with van der Waals surface area (Å²) in [4.78, 5) is 29.0. The second-order valence-corrected chi connectivity index (χ2v) is 6.12. The Hall–Kier alpha value is -3.20. The Balaban J connectivity index is 1.63. The number of benzene rings is 1. The van der Waals surface area contributed by atoms with Gasteiger partial charge in [-0.3, -0.25) is 10.0 Å². The van der Waals surface area contributed by atoms with Gasteiger partial charge in [-0.05, 0) is 30.7 Å². The number of urea groups is 1. The smallest absolute Gasteiger partial charge is 0.318 e. The zero-order valence-electron chi connectivity index (χ0n) is 13.9. The lowest BCUT2D eigenvalue weighted by Gasteiger charge is -2.20. The van der Waals surface area contributed by atoms with Crippen LogP contribution in [0.5, 0.6) is 11.6 Å². The van der Waals surface area contributed by atoms with Crippen molar-refractivity contribution in [1.82, 2.24) is 20.7 Å². The van der Waals surface area contributed by atoms with Gasteiger partial charge in [0.15, 0.2) is 0 Å². The maximum Gasteiger partial charge on any atom is 0.318 e. The van der Waals surface area contributed by atoms with Gasteiger partial charge in [-0.15, -0.1) is 0 Å². The Morgan fingerprint density at radius 2 is 2.12 bits per heavy atom. The van der Waals surface area contributed by atoms with E-state index in [1.54, 1.807) is 29.7 Å². The van der Waals surface area contributed by atoms with Gasteiger partial charge in [0.25, 0.3) is 5.91 Å². The number of aromatic nitrogens is 1. The van der Waals surface area contributed by atoms with Crippen LogP contribution in [0.1, 0.15) is 12.5 Å². The van der Waals surface area contributed by atoms with Gasteiger partial charge in [0.1, 0.15) is 17.1 Å². The maximum absolute atomic E-state index is 12.8. The van der Waals surface area contributed by atoms with Gasteiger partial charge < -0.3 is 15.0 Å². The molecule has 1 aliphatic rings. The largest absolute Gasteiger partial charge is 0.439 e. The first-order valence-corrected chi connectivity index (χ1v) is 7.79. The van der Waals surface area contributed by atoms with Crippen LogP contribution in [-0.4, -0.2) is 39.1 Å². The van der Waals surface area contributed by atoms with E-state index < -0.39 is 23.3 Å². The van der Waals surface area contributed by atoms with Gasteiger partial charge in [-0.25, -0.2) is 19.6 Å². The molecule has 0 bridgehead atoms. The third kappa shape index (κ3) is 3.72. The minimum Gasteiger partial charge on any atom is -0.439 e.